The molecule has 178 valence electrons. The van der Waals surface area contributed by atoms with Crippen molar-refractivity contribution in [1.29, 1.82) is 0 Å². The van der Waals surface area contributed by atoms with E-state index in [0.29, 0.717) is 22.8 Å². The van der Waals surface area contributed by atoms with Gasteiger partial charge in [-0.3, -0.25) is 14.9 Å². The van der Waals surface area contributed by atoms with Crippen LogP contribution in [0.5, 0.6) is 28.7 Å². The van der Waals surface area contributed by atoms with Crippen LogP contribution >= 0.6 is 0 Å². The average molecular weight is 477 g/mol. The zero-order chi connectivity index (χ0) is 25.1. The molecule has 0 spiro atoms. The van der Waals surface area contributed by atoms with Gasteiger partial charge in [0.2, 0.25) is 11.5 Å². The Hall–Kier alpha value is -4.86. The van der Waals surface area contributed by atoms with E-state index in [-0.39, 0.29) is 39.9 Å². The summed E-state index contributed by atoms with van der Waals surface area (Å²) in [4.78, 5) is 35.7. The molecule has 0 aliphatic carbocycles. The van der Waals surface area contributed by atoms with Gasteiger partial charge in [0.1, 0.15) is 11.5 Å². The van der Waals surface area contributed by atoms with Gasteiger partial charge in [-0.2, -0.15) is 0 Å². The van der Waals surface area contributed by atoms with E-state index >= 15 is 0 Å². The fourth-order valence-corrected chi connectivity index (χ4v) is 3.52. The number of methoxy groups -OCH3 is 3. The number of carbonyl (C=O) groups excluding carboxylic acids is 2. The van der Waals surface area contributed by atoms with Crippen LogP contribution in [-0.2, 0) is 0 Å². The van der Waals surface area contributed by atoms with Crippen molar-refractivity contribution in [2.24, 2.45) is 0 Å². The first-order valence-electron chi connectivity index (χ1n) is 10.2. The van der Waals surface area contributed by atoms with Crippen LogP contribution < -0.4 is 23.7 Å². The third kappa shape index (κ3) is 4.49. The van der Waals surface area contributed by atoms with Gasteiger partial charge in [0.25, 0.3) is 5.69 Å². The minimum Gasteiger partial charge on any atom is -0.493 e. The van der Waals surface area contributed by atoms with Crippen molar-refractivity contribution in [3.05, 3.63) is 87.2 Å². The maximum Gasteiger partial charge on any atom is 0.343 e. The lowest BCUT2D eigenvalue weighted by Gasteiger charge is -2.14. The van der Waals surface area contributed by atoms with E-state index < -0.39 is 10.9 Å². The molecule has 1 aliphatic rings. The molecule has 0 unspecified atom stereocenters. The number of hydrogen-bond donors (Lipinski definition) is 0. The number of esters is 1. The first kappa shape index (κ1) is 23.3. The lowest BCUT2D eigenvalue weighted by atomic mass is 10.1. The van der Waals surface area contributed by atoms with Crippen molar-refractivity contribution >= 4 is 23.5 Å². The third-order valence-electron chi connectivity index (χ3n) is 5.17. The van der Waals surface area contributed by atoms with Gasteiger partial charge in [-0.25, -0.2) is 4.79 Å². The Morgan fingerprint density at radius 1 is 0.971 bits per heavy atom. The summed E-state index contributed by atoms with van der Waals surface area (Å²) in [5.74, 6) is 0.373. The minimum atomic E-state index is -0.788. The van der Waals surface area contributed by atoms with Crippen LogP contribution in [0, 0.1) is 10.1 Å². The highest BCUT2D eigenvalue weighted by Gasteiger charge is 2.29. The zero-order valence-electron chi connectivity index (χ0n) is 18.9. The van der Waals surface area contributed by atoms with E-state index in [0.717, 1.165) is 6.07 Å². The summed E-state index contributed by atoms with van der Waals surface area (Å²) in [6.45, 7) is 0. The SMILES string of the molecule is COc1ccc(/C=C2\Oc3cc(OC(=O)c4cccc([N+](=O)[O-])c4)ccc3C2=O)c(OC)c1OC. The Kier molecular flexibility index (Phi) is 6.36. The van der Waals surface area contributed by atoms with E-state index in [2.05, 4.69) is 0 Å². The third-order valence-corrected chi connectivity index (χ3v) is 5.17. The molecular weight excluding hydrogens is 458 g/mol. The summed E-state index contributed by atoms with van der Waals surface area (Å²) in [6, 6.07) is 12.9. The maximum absolute atomic E-state index is 12.9. The number of rotatable bonds is 7. The van der Waals surface area contributed by atoms with Crippen molar-refractivity contribution < 1.29 is 38.2 Å². The molecule has 0 fully saturated rings. The molecule has 4 rings (SSSR count). The van der Waals surface area contributed by atoms with E-state index in [1.807, 2.05) is 0 Å². The number of benzene rings is 3. The lowest BCUT2D eigenvalue weighted by molar-refractivity contribution is -0.384. The summed E-state index contributed by atoms with van der Waals surface area (Å²) >= 11 is 0. The van der Waals surface area contributed by atoms with Gasteiger partial charge in [0.05, 0.1) is 37.4 Å². The van der Waals surface area contributed by atoms with Gasteiger partial charge in [0.15, 0.2) is 17.3 Å². The highest BCUT2D eigenvalue weighted by atomic mass is 16.6. The topological polar surface area (TPSA) is 123 Å². The summed E-state index contributed by atoms with van der Waals surface area (Å²) in [5.41, 5.74) is 0.588. The summed E-state index contributed by atoms with van der Waals surface area (Å²) in [5, 5.41) is 10.9. The molecule has 0 saturated heterocycles. The summed E-state index contributed by atoms with van der Waals surface area (Å²) in [6.07, 6.45) is 1.51. The number of nitrogens with zero attached hydrogens (tertiary/aromatic N) is 1. The fraction of sp³-hybridized carbons (Fsp3) is 0.120. The van der Waals surface area contributed by atoms with Gasteiger partial charge in [-0.05, 0) is 36.4 Å². The second-order valence-corrected chi connectivity index (χ2v) is 7.22. The van der Waals surface area contributed by atoms with Crippen molar-refractivity contribution in [1.82, 2.24) is 0 Å². The minimum absolute atomic E-state index is 0.0119. The predicted molar refractivity (Wildman–Crippen MR) is 124 cm³/mol. The van der Waals surface area contributed by atoms with E-state index in [1.165, 1.54) is 63.8 Å². The number of ether oxygens (including phenoxy) is 5. The van der Waals surface area contributed by atoms with Crippen LogP contribution in [0.4, 0.5) is 5.69 Å². The molecular formula is C25H19NO9. The fourth-order valence-electron chi connectivity index (χ4n) is 3.52. The zero-order valence-corrected chi connectivity index (χ0v) is 18.9. The first-order chi connectivity index (χ1) is 16.9. The number of nitro benzene ring substituents is 1. The van der Waals surface area contributed by atoms with Gasteiger partial charge in [0, 0.05) is 23.8 Å². The number of Topliss-reactive ketones (excluding diaryl/α,β-unsaturated/α-hetero) is 1. The number of allylic oxidation sites excluding steroid dienone is 1. The molecule has 10 nitrogen and oxygen atoms in total. The Morgan fingerprint density at radius 3 is 2.43 bits per heavy atom. The predicted octanol–water partition coefficient (Wildman–Crippen LogP) is 4.46. The van der Waals surface area contributed by atoms with Crippen LogP contribution in [0.25, 0.3) is 6.08 Å². The molecule has 0 amide bonds. The Balaban J connectivity index is 1.59. The number of non-ortho nitro benzene ring substituents is 1. The molecule has 0 bridgehead atoms. The van der Waals surface area contributed by atoms with Crippen LogP contribution in [0.15, 0.2) is 60.4 Å². The smallest absolute Gasteiger partial charge is 0.343 e. The Labute approximate surface area is 199 Å². The Bertz CT molecular complexity index is 1380. The number of fused-ring (bicyclic) bond motifs is 1. The monoisotopic (exact) mass is 477 g/mol. The van der Waals surface area contributed by atoms with E-state index in [9.17, 15) is 19.7 Å². The second kappa shape index (κ2) is 9.56. The number of carbonyl (C=O) groups is 2. The van der Waals surface area contributed by atoms with Crippen LogP contribution in [0.1, 0.15) is 26.3 Å². The number of ketones is 1. The molecule has 3 aromatic rings. The molecule has 0 N–H and O–H groups in total. The molecule has 0 saturated carbocycles. The molecule has 1 heterocycles. The molecule has 35 heavy (non-hydrogen) atoms. The van der Waals surface area contributed by atoms with E-state index in [4.69, 9.17) is 23.7 Å². The molecule has 1 aliphatic heterocycles. The normalized spacial score (nSPS) is 13.1. The number of nitro groups is 1. The number of hydrogen-bond acceptors (Lipinski definition) is 9. The standard InChI is InChI=1S/C25H19NO9/c1-31-19-10-7-14(23(32-2)24(19)33-3)12-21-22(27)18-9-8-17(13-20(18)35-21)34-25(28)15-5-4-6-16(11-15)26(29)30/h4-13H,1-3H3/b21-12-. The largest absolute Gasteiger partial charge is 0.493 e. The molecule has 0 radical (unpaired) electrons. The molecule has 10 heteroatoms. The van der Waals surface area contributed by atoms with Gasteiger partial charge in [-0.1, -0.05) is 6.07 Å². The molecule has 0 aromatic heterocycles. The maximum atomic E-state index is 12.9. The van der Waals surface area contributed by atoms with Crippen molar-refractivity contribution in [3.8, 4) is 28.7 Å². The average Bonchev–Trinajstić information content (AvgIpc) is 3.17. The second-order valence-electron chi connectivity index (χ2n) is 7.22. The van der Waals surface area contributed by atoms with Crippen molar-refractivity contribution in [2.75, 3.05) is 21.3 Å². The first-order valence-corrected chi connectivity index (χ1v) is 10.2. The summed E-state index contributed by atoms with van der Waals surface area (Å²) < 4.78 is 27.1. The molecule has 0 atom stereocenters. The lowest BCUT2D eigenvalue weighted by Crippen LogP contribution is -2.08. The van der Waals surface area contributed by atoms with Gasteiger partial charge < -0.3 is 23.7 Å². The van der Waals surface area contributed by atoms with Crippen molar-refractivity contribution in [2.45, 2.75) is 0 Å². The van der Waals surface area contributed by atoms with Crippen LogP contribution in [-0.4, -0.2) is 38.0 Å². The van der Waals surface area contributed by atoms with Gasteiger partial charge in [-0.15, -0.1) is 0 Å². The van der Waals surface area contributed by atoms with Crippen LogP contribution in [0.2, 0.25) is 0 Å². The van der Waals surface area contributed by atoms with Gasteiger partial charge >= 0.3 is 5.97 Å². The Morgan fingerprint density at radius 2 is 1.74 bits per heavy atom. The van der Waals surface area contributed by atoms with Crippen LogP contribution in [0.3, 0.4) is 0 Å². The highest BCUT2D eigenvalue weighted by molar-refractivity contribution is 6.14. The van der Waals surface area contributed by atoms with E-state index in [1.54, 1.807) is 12.1 Å². The van der Waals surface area contributed by atoms with Crippen molar-refractivity contribution in [3.63, 3.8) is 0 Å². The highest BCUT2D eigenvalue weighted by Crippen LogP contribution is 2.42. The summed E-state index contributed by atoms with van der Waals surface area (Å²) in [7, 11) is 4.44. The molecule has 3 aromatic carbocycles. The quantitative estimate of drug-likeness (QED) is 0.160.